The molecule has 2 aromatic carbocycles. The van der Waals surface area contributed by atoms with Crippen molar-refractivity contribution in [3.05, 3.63) is 95.3 Å². The van der Waals surface area contributed by atoms with Crippen molar-refractivity contribution < 1.29 is 9.59 Å². The molecule has 0 aliphatic rings. The monoisotopic (exact) mass is 373 g/mol. The maximum Gasteiger partial charge on any atom is 0.251 e. The normalized spacial score (nSPS) is 10.4. The van der Waals surface area contributed by atoms with Gasteiger partial charge in [-0.05, 0) is 42.0 Å². The highest BCUT2D eigenvalue weighted by Crippen LogP contribution is 2.14. The molecule has 0 aliphatic heterocycles. The lowest BCUT2D eigenvalue weighted by Crippen LogP contribution is -2.23. The molecule has 0 fully saturated rings. The second-order valence-corrected chi connectivity index (χ2v) is 6.75. The van der Waals surface area contributed by atoms with Crippen LogP contribution in [0.3, 0.4) is 0 Å². The lowest BCUT2D eigenvalue weighted by atomic mass is 10.0. The number of pyridine rings is 1. The summed E-state index contributed by atoms with van der Waals surface area (Å²) in [6, 6.07) is 20.5. The predicted octanol–water partition coefficient (Wildman–Crippen LogP) is 3.50. The molecule has 0 bridgehead atoms. The summed E-state index contributed by atoms with van der Waals surface area (Å²) in [6.45, 7) is 0.453. The summed E-state index contributed by atoms with van der Waals surface area (Å²) in [5, 5.41) is 2.89. The summed E-state index contributed by atoms with van der Waals surface area (Å²) < 4.78 is 0. The van der Waals surface area contributed by atoms with Gasteiger partial charge in [0.1, 0.15) is 0 Å². The summed E-state index contributed by atoms with van der Waals surface area (Å²) in [7, 11) is 3.91. The van der Waals surface area contributed by atoms with E-state index >= 15 is 0 Å². The Kier molecular flexibility index (Phi) is 6.17. The van der Waals surface area contributed by atoms with E-state index in [4.69, 9.17) is 0 Å². The zero-order valence-electron chi connectivity index (χ0n) is 16.1. The molecular formula is C23H23N3O2. The summed E-state index contributed by atoms with van der Waals surface area (Å²) in [6.07, 6.45) is 1.72. The molecule has 1 heterocycles. The third kappa shape index (κ3) is 5.04. The van der Waals surface area contributed by atoms with Gasteiger partial charge in [0.2, 0.25) is 0 Å². The van der Waals surface area contributed by atoms with Crippen LogP contribution in [0.1, 0.15) is 32.0 Å². The number of carbonyl (C=O) groups is 2. The van der Waals surface area contributed by atoms with E-state index in [2.05, 4.69) is 10.3 Å². The van der Waals surface area contributed by atoms with Gasteiger partial charge < -0.3 is 10.2 Å². The molecule has 3 aromatic rings. The standard InChI is InChI=1S/C23H23N3O2/c1-26(2)21-10-8-18(9-11-21)22(27)15-20-14-19(12-13-24-20)23(28)25-16-17-6-4-3-5-7-17/h3-14H,15-16H2,1-2H3,(H,25,28). The van der Waals surface area contributed by atoms with E-state index in [0.717, 1.165) is 11.3 Å². The molecule has 0 unspecified atom stereocenters. The van der Waals surface area contributed by atoms with Crippen LogP contribution in [0.2, 0.25) is 0 Å². The maximum absolute atomic E-state index is 12.5. The minimum Gasteiger partial charge on any atom is -0.378 e. The van der Waals surface area contributed by atoms with E-state index in [1.165, 1.54) is 0 Å². The highest BCUT2D eigenvalue weighted by Gasteiger charge is 2.11. The zero-order valence-corrected chi connectivity index (χ0v) is 16.1. The fraction of sp³-hybridized carbons (Fsp3) is 0.174. The van der Waals surface area contributed by atoms with Gasteiger partial charge in [0.05, 0.1) is 6.42 Å². The van der Waals surface area contributed by atoms with Gasteiger partial charge in [-0.1, -0.05) is 30.3 Å². The van der Waals surface area contributed by atoms with E-state index in [1.54, 1.807) is 18.3 Å². The van der Waals surface area contributed by atoms with Crippen LogP contribution in [0.5, 0.6) is 0 Å². The van der Waals surface area contributed by atoms with Crippen LogP contribution < -0.4 is 10.2 Å². The molecule has 28 heavy (non-hydrogen) atoms. The van der Waals surface area contributed by atoms with Crippen molar-refractivity contribution in [1.82, 2.24) is 10.3 Å². The Hall–Kier alpha value is -3.47. The number of ketones is 1. The number of Topliss-reactive ketones (excluding diaryl/α,β-unsaturated/α-hetero) is 1. The first-order valence-corrected chi connectivity index (χ1v) is 9.10. The molecular weight excluding hydrogens is 350 g/mol. The Bertz CT molecular complexity index is 951. The molecule has 0 radical (unpaired) electrons. The van der Waals surface area contributed by atoms with Crippen LogP contribution in [0, 0.1) is 0 Å². The lowest BCUT2D eigenvalue weighted by molar-refractivity contribution is 0.0947. The van der Waals surface area contributed by atoms with Crippen LogP contribution >= 0.6 is 0 Å². The van der Waals surface area contributed by atoms with Crippen molar-refractivity contribution >= 4 is 17.4 Å². The molecule has 0 saturated heterocycles. The Balaban J connectivity index is 1.63. The molecule has 0 atom stereocenters. The molecule has 0 aliphatic carbocycles. The smallest absolute Gasteiger partial charge is 0.251 e. The third-order valence-corrected chi connectivity index (χ3v) is 4.42. The SMILES string of the molecule is CN(C)c1ccc(C(=O)Cc2cc(C(=O)NCc3ccccc3)ccn2)cc1. The average molecular weight is 373 g/mol. The van der Waals surface area contributed by atoms with E-state index in [-0.39, 0.29) is 18.1 Å². The van der Waals surface area contributed by atoms with Crippen molar-refractivity contribution in [3.8, 4) is 0 Å². The fourth-order valence-corrected chi connectivity index (χ4v) is 2.81. The van der Waals surface area contributed by atoms with Gasteiger partial charge in [-0.15, -0.1) is 0 Å². The number of amides is 1. The molecule has 1 N–H and O–H groups in total. The van der Waals surface area contributed by atoms with Gasteiger partial charge in [-0.3, -0.25) is 14.6 Å². The second-order valence-electron chi connectivity index (χ2n) is 6.75. The Morgan fingerprint density at radius 3 is 2.32 bits per heavy atom. The number of carbonyl (C=O) groups excluding carboxylic acids is 2. The largest absolute Gasteiger partial charge is 0.378 e. The fourth-order valence-electron chi connectivity index (χ4n) is 2.81. The molecule has 5 nitrogen and oxygen atoms in total. The van der Waals surface area contributed by atoms with Gasteiger partial charge in [-0.2, -0.15) is 0 Å². The molecule has 0 spiro atoms. The van der Waals surface area contributed by atoms with Crippen LogP contribution in [-0.4, -0.2) is 30.8 Å². The van der Waals surface area contributed by atoms with Crippen molar-refractivity contribution in [1.29, 1.82) is 0 Å². The molecule has 0 saturated carbocycles. The maximum atomic E-state index is 12.5. The number of rotatable bonds is 7. The topological polar surface area (TPSA) is 62.3 Å². The highest BCUT2D eigenvalue weighted by molar-refractivity contribution is 5.98. The van der Waals surface area contributed by atoms with Gasteiger partial charge in [-0.25, -0.2) is 0 Å². The van der Waals surface area contributed by atoms with Gasteiger partial charge >= 0.3 is 0 Å². The van der Waals surface area contributed by atoms with Crippen LogP contribution in [0.25, 0.3) is 0 Å². The lowest BCUT2D eigenvalue weighted by Gasteiger charge is -2.12. The first kappa shape index (κ1) is 19.3. The minimum atomic E-state index is -0.185. The van der Waals surface area contributed by atoms with Crippen molar-refractivity contribution in [2.75, 3.05) is 19.0 Å². The van der Waals surface area contributed by atoms with Gasteiger partial charge in [0, 0.05) is 49.3 Å². The summed E-state index contributed by atoms with van der Waals surface area (Å²) in [4.78, 5) is 31.2. The van der Waals surface area contributed by atoms with E-state index < -0.39 is 0 Å². The highest BCUT2D eigenvalue weighted by atomic mass is 16.1. The van der Waals surface area contributed by atoms with Crippen molar-refractivity contribution in [2.45, 2.75) is 13.0 Å². The van der Waals surface area contributed by atoms with Crippen LogP contribution in [-0.2, 0) is 13.0 Å². The zero-order chi connectivity index (χ0) is 19.9. The molecule has 1 amide bonds. The predicted molar refractivity (Wildman–Crippen MR) is 111 cm³/mol. The van der Waals surface area contributed by atoms with Gasteiger partial charge in [0.15, 0.2) is 5.78 Å². The molecule has 142 valence electrons. The molecule has 1 aromatic heterocycles. The Morgan fingerprint density at radius 1 is 0.929 bits per heavy atom. The van der Waals surface area contributed by atoms with Crippen LogP contribution in [0.15, 0.2) is 72.9 Å². The molecule has 3 rings (SSSR count). The van der Waals surface area contributed by atoms with Crippen molar-refractivity contribution in [3.63, 3.8) is 0 Å². The minimum absolute atomic E-state index is 0.0281. The van der Waals surface area contributed by atoms with Crippen molar-refractivity contribution in [2.24, 2.45) is 0 Å². The third-order valence-electron chi connectivity index (χ3n) is 4.42. The summed E-state index contributed by atoms with van der Waals surface area (Å²) >= 11 is 0. The Morgan fingerprint density at radius 2 is 1.64 bits per heavy atom. The first-order chi connectivity index (χ1) is 13.5. The number of hydrogen-bond acceptors (Lipinski definition) is 4. The number of benzene rings is 2. The van der Waals surface area contributed by atoms with E-state index in [9.17, 15) is 9.59 Å². The number of anilines is 1. The second kappa shape index (κ2) is 8.95. The van der Waals surface area contributed by atoms with Crippen LogP contribution in [0.4, 0.5) is 5.69 Å². The summed E-state index contributed by atoms with van der Waals surface area (Å²) in [5.41, 5.74) is 3.77. The average Bonchev–Trinajstić information content (AvgIpc) is 2.73. The first-order valence-electron chi connectivity index (χ1n) is 9.10. The Labute approximate surface area is 165 Å². The van der Waals surface area contributed by atoms with E-state index in [0.29, 0.717) is 23.4 Å². The summed E-state index contributed by atoms with van der Waals surface area (Å²) in [5.74, 6) is -0.213. The number of hydrogen-bond donors (Lipinski definition) is 1. The quantitative estimate of drug-likeness (QED) is 0.644. The van der Waals surface area contributed by atoms with E-state index in [1.807, 2.05) is 73.6 Å². The van der Waals surface area contributed by atoms with Gasteiger partial charge in [0.25, 0.3) is 5.91 Å². The number of nitrogens with one attached hydrogen (secondary N) is 1. The number of nitrogens with zero attached hydrogens (tertiary/aromatic N) is 2. The number of aromatic nitrogens is 1. The molecule has 5 heteroatoms.